The standard InChI is InChI=1S/C27H40N6O4/c1-36-11-9-33(10-12-37-2)23-13-22(14-23)31-26-15-25(29-19-30-26)27(35)28-16-24(34)18-32-8-7-20-5-3-4-6-21(20)17-32/h3-6,15,19,22-24,34H,7-14,16-18H2,1-2H3,(H,28,35)(H,29,30,31)/t22?,23?,24-/m0/s1. The minimum absolute atomic E-state index is 0.173. The average molecular weight is 513 g/mol. The molecule has 1 amide bonds. The van der Waals surface area contributed by atoms with Crippen LogP contribution in [0.5, 0.6) is 0 Å². The van der Waals surface area contributed by atoms with E-state index < -0.39 is 6.10 Å². The van der Waals surface area contributed by atoms with Gasteiger partial charge in [0.25, 0.3) is 5.91 Å². The van der Waals surface area contributed by atoms with Gasteiger partial charge in [-0.25, -0.2) is 9.97 Å². The highest BCUT2D eigenvalue weighted by Gasteiger charge is 2.33. The molecule has 0 bridgehead atoms. The van der Waals surface area contributed by atoms with Crippen molar-refractivity contribution in [2.75, 3.05) is 65.5 Å². The van der Waals surface area contributed by atoms with Gasteiger partial charge in [-0.3, -0.25) is 14.6 Å². The van der Waals surface area contributed by atoms with E-state index in [0.29, 0.717) is 37.7 Å². The van der Waals surface area contributed by atoms with E-state index in [1.165, 1.54) is 17.5 Å². The highest BCUT2D eigenvalue weighted by molar-refractivity contribution is 5.92. The molecule has 1 aliphatic carbocycles. The minimum atomic E-state index is -0.653. The molecule has 0 unspecified atom stereocenters. The second-order valence-electron chi connectivity index (χ2n) is 9.89. The van der Waals surface area contributed by atoms with Crippen molar-refractivity contribution in [1.29, 1.82) is 0 Å². The van der Waals surface area contributed by atoms with Crippen molar-refractivity contribution in [3.63, 3.8) is 0 Å². The molecule has 0 radical (unpaired) electrons. The predicted octanol–water partition coefficient (Wildman–Crippen LogP) is 1.16. The van der Waals surface area contributed by atoms with Gasteiger partial charge in [-0.05, 0) is 30.4 Å². The number of anilines is 1. The Hall–Kier alpha value is -2.63. The molecule has 1 fully saturated rings. The molecule has 1 saturated carbocycles. The number of aliphatic hydroxyl groups is 1. The summed E-state index contributed by atoms with van der Waals surface area (Å²) in [6, 6.07) is 10.9. The minimum Gasteiger partial charge on any atom is -0.390 e. The number of benzene rings is 1. The zero-order valence-electron chi connectivity index (χ0n) is 21.9. The van der Waals surface area contributed by atoms with E-state index in [9.17, 15) is 9.90 Å². The Morgan fingerprint density at radius 2 is 1.89 bits per heavy atom. The number of hydrogen-bond acceptors (Lipinski definition) is 9. The second-order valence-corrected chi connectivity index (χ2v) is 9.89. The number of nitrogens with one attached hydrogen (secondary N) is 2. The van der Waals surface area contributed by atoms with Crippen molar-refractivity contribution in [3.8, 4) is 0 Å². The number of rotatable bonds is 14. The third-order valence-electron chi connectivity index (χ3n) is 7.22. The fraction of sp³-hybridized carbons (Fsp3) is 0.593. The predicted molar refractivity (Wildman–Crippen MR) is 142 cm³/mol. The number of ether oxygens (including phenoxy) is 2. The van der Waals surface area contributed by atoms with Gasteiger partial charge in [0.1, 0.15) is 17.8 Å². The molecule has 1 aliphatic heterocycles. The number of methoxy groups -OCH3 is 2. The van der Waals surface area contributed by atoms with Gasteiger partial charge in [0.2, 0.25) is 0 Å². The van der Waals surface area contributed by atoms with Crippen molar-refractivity contribution in [2.24, 2.45) is 0 Å². The van der Waals surface area contributed by atoms with Crippen LogP contribution < -0.4 is 10.6 Å². The van der Waals surface area contributed by atoms with Gasteiger partial charge in [-0.1, -0.05) is 24.3 Å². The van der Waals surface area contributed by atoms with Crippen LogP contribution in [0.15, 0.2) is 36.7 Å². The normalized spacial score (nSPS) is 20.2. The summed E-state index contributed by atoms with van der Waals surface area (Å²) >= 11 is 0. The van der Waals surface area contributed by atoms with Crippen molar-refractivity contribution < 1.29 is 19.4 Å². The Kier molecular flexibility index (Phi) is 10.2. The molecule has 10 heteroatoms. The van der Waals surface area contributed by atoms with E-state index in [-0.39, 0.29) is 18.1 Å². The Balaban J connectivity index is 1.20. The number of fused-ring (bicyclic) bond motifs is 1. The van der Waals surface area contributed by atoms with Crippen molar-refractivity contribution in [2.45, 2.75) is 44.0 Å². The summed E-state index contributed by atoms with van der Waals surface area (Å²) in [5.74, 6) is 0.321. The molecular formula is C27H40N6O4. The first-order valence-corrected chi connectivity index (χ1v) is 13.1. The Labute approximate surface area is 219 Å². The van der Waals surface area contributed by atoms with Gasteiger partial charge < -0.3 is 25.2 Å². The van der Waals surface area contributed by atoms with Crippen LogP contribution in [-0.4, -0.2) is 109 Å². The van der Waals surface area contributed by atoms with Gasteiger partial charge in [0.05, 0.1) is 19.3 Å². The molecule has 1 aromatic heterocycles. The van der Waals surface area contributed by atoms with Gasteiger partial charge >= 0.3 is 0 Å². The molecule has 2 aliphatic rings. The van der Waals surface area contributed by atoms with Gasteiger partial charge in [0.15, 0.2) is 0 Å². The third-order valence-corrected chi connectivity index (χ3v) is 7.22. The zero-order valence-corrected chi connectivity index (χ0v) is 21.9. The topological polar surface area (TPSA) is 112 Å². The number of aromatic nitrogens is 2. The van der Waals surface area contributed by atoms with Crippen LogP contribution in [0.2, 0.25) is 0 Å². The summed E-state index contributed by atoms with van der Waals surface area (Å²) in [4.78, 5) is 25.7. The van der Waals surface area contributed by atoms with E-state index in [2.05, 4.69) is 48.6 Å². The summed E-state index contributed by atoms with van der Waals surface area (Å²) in [6.45, 7) is 5.57. The van der Waals surface area contributed by atoms with Crippen LogP contribution in [0, 0.1) is 0 Å². The number of carbonyl (C=O) groups excluding carboxylic acids is 1. The van der Waals surface area contributed by atoms with Crippen molar-refractivity contribution in [1.82, 2.24) is 25.1 Å². The molecule has 37 heavy (non-hydrogen) atoms. The van der Waals surface area contributed by atoms with Gasteiger partial charge in [0, 0.05) is 71.6 Å². The average Bonchev–Trinajstić information content (AvgIpc) is 2.90. The quantitative estimate of drug-likeness (QED) is 0.343. The monoisotopic (exact) mass is 512 g/mol. The lowest BCUT2D eigenvalue weighted by Gasteiger charge is -2.43. The number of amides is 1. The van der Waals surface area contributed by atoms with Crippen molar-refractivity contribution in [3.05, 3.63) is 53.5 Å². The number of aliphatic hydroxyl groups excluding tert-OH is 1. The SMILES string of the molecule is COCCN(CCOC)C1CC(Nc2cc(C(=O)NC[C@H](O)CN3CCc4ccccc4C3)ncn2)C1. The molecular weight excluding hydrogens is 472 g/mol. The highest BCUT2D eigenvalue weighted by Crippen LogP contribution is 2.28. The lowest BCUT2D eigenvalue weighted by molar-refractivity contribution is 0.0546. The fourth-order valence-corrected chi connectivity index (χ4v) is 5.04. The van der Waals surface area contributed by atoms with E-state index in [1.807, 2.05) is 6.07 Å². The largest absolute Gasteiger partial charge is 0.390 e. The lowest BCUT2D eigenvalue weighted by atomic mass is 9.85. The van der Waals surface area contributed by atoms with Gasteiger partial charge in [-0.15, -0.1) is 0 Å². The molecule has 1 aromatic carbocycles. The molecule has 0 saturated heterocycles. The van der Waals surface area contributed by atoms with E-state index in [4.69, 9.17) is 9.47 Å². The second kappa shape index (κ2) is 13.8. The van der Waals surface area contributed by atoms with Crippen LogP contribution >= 0.6 is 0 Å². The summed E-state index contributed by atoms with van der Waals surface area (Å²) < 4.78 is 10.5. The lowest BCUT2D eigenvalue weighted by Crippen LogP contribution is -2.51. The smallest absolute Gasteiger partial charge is 0.270 e. The number of β-amino-alcohol motifs (C(OH)–C–C–N with tert-alkyl or cyclic N) is 1. The summed E-state index contributed by atoms with van der Waals surface area (Å²) in [5.41, 5.74) is 2.97. The molecule has 202 valence electrons. The van der Waals surface area contributed by atoms with Crippen molar-refractivity contribution >= 4 is 11.7 Å². The number of hydrogen-bond donors (Lipinski definition) is 3. The van der Waals surface area contributed by atoms with E-state index in [1.54, 1.807) is 20.3 Å². The Bertz CT molecular complexity index is 994. The maximum Gasteiger partial charge on any atom is 0.270 e. The molecule has 10 nitrogen and oxygen atoms in total. The molecule has 1 atom stereocenters. The first-order valence-electron chi connectivity index (χ1n) is 13.1. The number of carbonyl (C=O) groups is 1. The number of nitrogens with zero attached hydrogens (tertiary/aromatic N) is 4. The molecule has 2 aromatic rings. The van der Waals surface area contributed by atoms with Crippen LogP contribution in [0.1, 0.15) is 34.5 Å². The molecule has 4 rings (SSSR count). The first kappa shape index (κ1) is 27.4. The summed E-state index contributed by atoms with van der Waals surface area (Å²) in [5, 5.41) is 16.7. The van der Waals surface area contributed by atoms with Gasteiger partial charge in [-0.2, -0.15) is 0 Å². The summed E-state index contributed by atoms with van der Waals surface area (Å²) in [7, 11) is 3.44. The first-order chi connectivity index (χ1) is 18.1. The Morgan fingerprint density at radius 1 is 1.16 bits per heavy atom. The fourth-order valence-electron chi connectivity index (χ4n) is 5.04. The van der Waals surface area contributed by atoms with Crippen LogP contribution in [0.4, 0.5) is 5.82 Å². The van der Waals surface area contributed by atoms with Crippen LogP contribution in [-0.2, 0) is 22.4 Å². The highest BCUT2D eigenvalue weighted by atomic mass is 16.5. The van der Waals surface area contributed by atoms with Crippen LogP contribution in [0.3, 0.4) is 0 Å². The maximum atomic E-state index is 12.7. The third kappa shape index (κ3) is 7.93. The maximum absolute atomic E-state index is 12.7. The molecule has 0 spiro atoms. The molecule has 2 heterocycles. The van der Waals surface area contributed by atoms with E-state index in [0.717, 1.165) is 45.4 Å². The zero-order chi connectivity index (χ0) is 26.0. The summed E-state index contributed by atoms with van der Waals surface area (Å²) in [6.07, 6.45) is 3.71. The van der Waals surface area contributed by atoms with E-state index >= 15 is 0 Å². The molecule has 3 N–H and O–H groups in total. The van der Waals surface area contributed by atoms with Crippen LogP contribution in [0.25, 0.3) is 0 Å². The Morgan fingerprint density at radius 3 is 2.62 bits per heavy atom.